The van der Waals surface area contributed by atoms with E-state index in [1.165, 1.54) is 72.1 Å². The van der Waals surface area contributed by atoms with Crippen LogP contribution in [0.5, 0.6) is 0 Å². The van der Waals surface area contributed by atoms with Gasteiger partial charge in [0.1, 0.15) is 5.58 Å². The molecule has 2 nitrogen and oxygen atoms in total. The van der Waals surface area contributed by atoms with Crippen molar-refractivity contribution in [2.45, 2.75) is 143 Å². The second-order valence-electron chi connectivity index (χ2n) is 23.2. The van der Waals surface area contributed by atoms with Crippen LogP contribution in [-0.4, -0.2) is 0 Å². The van der Waals surface area contributed by atoms with Crippen molar-refractivity contribution in [3.63, 3.8) is 0 Å². The van der Waals surface area contributed by atoms with Gasteiger partial charge in [-0.3, -0.25) is 0 Å². The van der Waals surface area contributed by atoms with E-state index in [1.54, 1.807) is 0 Å². The summed E-state index contributed by atoms with van der Waals surface area (Å²) in [6, 6.07) is 40.2. The van der Waals surface area contributed by atoms with E-state index in [4.69, 9.17) is 4.42 Å². The number of furan rings is 1. The normalized spacial score (nSPS) is 15.6. The fourth-order valence-electron chi connectivity index (χ4n) is 10.1. The van der Waals surface area contributed by atoms with Gasteiger partial charge in [-0.25, -0.2) is 0 Å². The lowest BCUT2D eigenvalue weighted by Crippen LogP contribution is -2.19. The molecule has 2 aliphatic carbocycles. The Morgan fingerprint density at radius 1 is 0.400 bits per heavy atom. The van der Waals surface area contributed by atoms with Crippen molar-refractivity contribution < 1.29 is 4.42 Å². The Kier molecular flexibility index (Phi) is 8.56. The minimum atomic E-state index is -0.170. The van der Waals surface area contributed by atoms with Crippen LogP contribution in [-0.2, 0) is 32.5 Å². The second-order valence-corrected chi connectivity index (χ2v) is 23.2. The smallest absolute Gasteiger partial charge is 0.159 e. The van der Waals surface area contributed by atoms with Crippen LogP contribution in [0.3, 0.4) is 0 Å². The van der Waals surface area contributed by atoms with Gasteiger partial charge in [-0.2, -0.15) is 0 Å². The molecule has 1 heterocycles. The molecular weight excluding hydrogens is 727 g/mol. The summed E-state index contributed by atoms with van der Waals surface area (Å²) in [4.78, 5) is 2.48. The molecule has 7 aromatic rings. The molecule has 0 fully saturated rings. The average molecular weight is 792 g/mol. The molecule has 0 N–H and O–H groups in total. The van der Waals surface area contributed by atoms with Crippen LogP contribution in [0.1, 0.15) is 155 Å². The average Bonchev–Trinajstić information content (AvgIpc) is 3.73. The van der Waals surface area contributed by atoms with Crippen molar-refractivity contribution in [1.29, 1.82) is 0 Å². The Morgan fingerprint density at radius 2 is 0.833 bits per heavy atom. The van der Waals surface area contributed by atoms with Crippen molar-refractivity contribution in [2.24, 2.45) is 0 Å². The second kappa shape index (κ2) is 12.7. The van der Waals surface area contributed by atoms with Gasteiger partial charge in [-0.1, -0.05) is 178 Å². The highest BCUT2D eigenvalue weighted by Crippen LogP contribution is 2.55. The molecule has 0 aliphatic heterocycles. The maximum Gasteiger partial charge on any atom is 0.159 e. The molecule has 0 saturated carbocycles. The lowest BCUT2D eigenvalue weighted by Gasteiger charge is -2.30. The van der Waals surface area contributed by atoms with Crippen LogP contribution in [0.2, 0.25) is 0 Å². The van der Waals surface area contributed by atoms with Gasteiger partial charge in [-0.05, 0) is 119 Å². The molecule has 2 heteroatoms. The minimum Gasteiger partial charge on any atom is -0.454 e. The van der Waals surface area contributed by atoms with E-state index in [1.807, 2.05) is 0 Å². The molecule has 1 aromatic heterocycles. The molecule has 308 valence electrons. The zero-order valence-electron chi connectivity index (χ0n) is 39.2. The predicted octanol–water partition coefficient (Wildman–Crippen LogP) is 16.9. The summed E-state index contributed by atoms with van der Waals surface area (Å²) in [5.41, 5.74) is 21.1. The van der Waals surface area contributed by atoms with E-state index >= 15 is 0 Å². The molecule has 0 amide bonds. The molecule has 0 unspecified atom stereocenters. The third-order valence-corrected chi connectivity index (χ3v) is 14.1. The molecule has 0 saturated heterocycles. The summed E-state index contributed by atoms with van der Waals surface area (Å²) in [5, 5.41) is 2.33. The van der Waals surface area contributed by atoms with Gasteiger partial charge >= 0.3 is 0 Å². The van der Waals surface area contributed by atoms with Crippen LogP contribution in [0, 0.1) is 0 Å². The van der Waals surface area contributed by atoms with Crippen LogP contribution in [0.15, 0.2) is 108 Å². The van der Waals surface area contributed by atoms with Crippen molar-refractivity contribution in [3.05, 3.63) is 148 Å². The summed E-state index contributed by atoms with van der Waals surface area (Å²) < 4.78 is 7.25. The molecule has 0 atom stereocenters. The van der Waals surface area contributed by atoms with Gasteiger partial charge < -0.3 is 9.32 Å². The largest absolute Gasteiger partial charge is 0.454 e. The Bertz CT molecular complexity index is 2770. The van der Waals surface area contributed by atoms with E-state index in [9.17, 15) is 0 Å². The van der Waals surface area contributed by atoms with E-state index in [2.05, 4.69) is 219 Å². The fourth-order valence-corrected chi connectivity index (χ4v) is 10.1. The van der Waals surface area contributed by atoms with E-state index < -0.39 is 0 Å². The first-order valence-corrected chi connectivity index (χ1v) is 22.2. The monoisotopic (exact) mass is 792 g/mol. The minimum absolute atomic E-state index is 0.00762. The highest BCUT2D eigenvalue weighted by atomic mass is 16.3. The number of fused-ring (bicyclic) bond motifs is 9. The SMILES string of the molecule is CC(C)(C)c1ccc2c(c1)C(C)(C)c1cc(N(c3ccc4c(c3)C(C)(C)c3cc(C(C)(C)C)ccc3-4)c3cccc4c3oc3c(C(C)(C)C)cc(C(C)(C)C)cc34)ccc1-2. The molecule has 0 radical (unpaired) electrons. The highest BCUT2D eigenvalue weighted by molar-refractivity contribution is 6.11. The van der Waals surface area contributed by atoms with Crippen molar-refractivity contribution >= 4 is 39.0 Å². The number of hydrogen-bond acceptors (Lipinski definition) is 2. The van der Waals surface area contributed by atoms with Gasteiger partial charge in [-0.15, -0.1) is 0 Å². The predicted molar refractivity (Wildman–Crippen MR) is 258 cm³/mol. The van der Waals surface area contributed by atoms with Crippen molar-refractivity contribution in [2.75, 3.05) is 4.90 Å². The Labute approximate surface area is 360 Å². The molecule has 9 rings (SSSR count). The van der Waals surface area contributed by atoms with Gasteiger partial charge in [0.15, 0.2) is 5.58 Å². The van der Waals surface area contributed by atoms with Crippen LogP contribution >= 0.6 is 0 Å². The summed E-state index contributed by atoms with van der Waals surface area (Å²) in [6.45, 7) is 37.3. The lowest BCUT2D eigenvalue weighted by atomic mass is 9.79. The van der Waals surface area contributed by atoms with Gasteiger partial charge in [0, 0.05) is 38.5 Å². The first-order valence-electron chi connectivity index (χ1n) is 22.2. The summed E-state index contributed by atoms with van der Waals surface area (Å²) >= 11 is 0. The number of anilines is 3. The number of nitrogens with zero attached hydrogens (tertiary/aromatic N) is 1. The molecule has 2 aliphatic rings. The van der Waals surface area contributed by atoms with Gasteiger partial charge in [0.2, 0.25) is 0 Å². The molecule has 0 bridgehead atoms. The topological polar surface area (TPSA) is 16.4 Å². The highest BCUT2D eigenvalue weighted by Gasteiger charge is 2.39. The zero-order valence-corrected chi connectivity index (χ0v) is 39.2. The lowest BCUT2D eigenvalue weighted by molar-refractivity contribution is 0.559. The summed E-state index contributed by atoms with van der Waals surface area (Å²) in [6.07, 6.45) is 0. The Balaban J connectivity index is 1.30. The maximum absolute atomic E-state index is 7.25. The van der Waals surface area contributed by atoms with Crippen LogP contribution in [0.4, 0.5) is 17.1 Å². The molecule has 6 aromatic carbocycles. The fraction of sp³-hybridized carbons (Fsp3) is 0.379. The third kappa shape index (κ3) is 6.10. The quantitative estimate of drug-likeness (QED) is 0.177. The van der Waals surface area contributed by atoms with E-state index in [-0.39, 0.29) is 32.5 Å². The molecule has 0 spiro atoms. The maximum atomic E-state index is 7.25. The number of hydrogen-bond donors (Lipinski definition) is 0. The standard InChI is InChI=1S/C58H65NO/c1-53(2,3)34-20-24-39-41-26-22-37(32-47(41)57(13,14)45(39)29-34)59(38-23-27-42-40-25-21-35(54(4,5)6)30-46(40)58(15,16)48(42)33-38)50-19-17-18-43-44-28-36(55(7,8)9)31-49(56(10,11)12)51(44)60-52(43)50/h17-33H,1-16H3. The Morgan fingerprint density at radius 3 is 1.27 bits per heavy atom. The number of para-hydroxylation sites is 1. The van der Waals surface area contributed by atoms with Gasteiger partial charge in [0.05, 0.1) is 5.69 Å². The Hall–Kier alpha value is -5.08. The van der Waals surface area contributed by atoms with Crippen molar-refractivity contribution in [3.8, 4) is 22.3 Å². The zero-order chi connectivity index (χ0) is 43.3. The first kappa shape index (κ1) is 40.3. The summed E-state index contributed by atoms with van der Waals surface area (Å²) in [5.74, 6) is 0. The van der Waals surface area contributed by atoms with E-state index in [0.29, 0.717) is 0 Å². The van der Waals surface area contributed by atoms with Crippen molar-refractivity contribution in [1.82, 2.24) is 0 Å². The molecule has 60 heavy (non-hydrogen) atoms. The number of benzene rings is 6. The third-order valence-electron chi connectivity index (χ3n) is 14.1. The van der Waals surface area contributed by atoms with E-state index in [0.717, 1.165) is 33.6 Å². The van der Waals surface area contributed by atoms with Crippen LogP contribution < -0.4 is 4.90 Å². The molecular formula is C58H65NO. The van der Waals surface area contributed by atoms with Crippen LogP contribution in [0.25, 0.3) is 44.2 Å². The summed E-state index contributed by atoms with van der Waals surface area (Å²) in [7, 11) is 0. The van der Waals surface area contributed by atoms with Gasteiger partial charge in [0.25, 0.3) is 0 Å². The number of rotatable bonds is 3. The first-order chi connectivity index (χ1) is 27.8.